The molecule has 0 fully saturated rings. The average molecular weight is 378 g/mol. The van der Waals surface area contributed by atoms with Crippen LogP contribution in [0.1, 0.15) is 22.3 Å². The molecule has 2 aromatic carbocycles. The maximum Gasteiger partial charge on any atom is 0.340 e. The zero-order chi connectivity index (χ0) is 20.1. The third-order valence-corrected chi connectivity index (χ3v) is 4.48. The Hall–Kier alpha value is -3.34. The number of ether oxygens (including phenoxy) is 2. The minimum absolute atomic E-state index is 0.137. The molecule has 0 atom stereocenters. The van der Waals surface area contributed by atoms with Gasteiger partial charge in [0.05, 0.1) is 24.5 Å². The first-order valence-electron chi connectivity index (χ1n) is 8.97. The van der Waals surface area contributed by atoms with E-state index in [1.54, 1.807) is 13.0 Å². The number of esters is 1. The number of carbonyl (C=O) groups excluding carboxylic acids is 1. The molecular formula is C23H22O5. The lowest BCUT2D eigenvalue weighted by atomic mass is 10.0. The van der Waals surface area contributed by atoms with Crippen LogP contribution >= 0.6 is 0 Å². The van der Waals surface area contributed by atoms with Gasteiger partial charge in [-0.05, 0) is 48.7 Å². The zero-order valence-electron chi connectivity index (χ0n) is 16.2. The summed E-state index contributed by atoms with van der Waals surface area (Å²) >= 11 is 0. The van der Waals surface area contributed by atoms with Gasteiger partial charge in [0, 0.05) is 0 Å². The molecule has 0 N–H and O–H groups in total. The third-order valence-electron chi connectivity index (χ3n) is 4.48. The Morgan fingerprint density at radius 1 is 1.14 bits per heavy atom. The summed E-state index contributed by atoms with van der Waals surface area (Å²) in [6, 6.07) is 13.6. The highest BCUT2D eigenvalue weighted by Crippen LogP contribution is 2.31. The van der Waals surface area contributed by atoms with Crippen LogP contribution in [0.2, 0.25) is 0 Å². The minimum Gasteiger partial charge on any atom is -0.489 e. The molecule has 1 heterocycles. The van der Waals surface area contributed by atoms with Gasteiger partial charge in [0.25, 0.3) is 0 Å². The van der Waals surface area contributed by atoms with Gasteiger partial charge >= 0.3 is 11.6 Å². The zero-order valence-corrected chi connectivity index (χ0v) is 16.2. The van der Waals surface area contributed by atoms with Gasteiger partial charge in [-0.15, -0.1) is 0 Å². The standard InChI is InChI=1S/C23H22O5/c1-15-12-19(27-11-7-10-17-8-5-4-6-9-17)22-16(2)18(14-21(24)26-3)23(25)28-20(22)13-15/h4-10,12-13H,11,14H2,1-3H3. The Morgan fingerprint density at radius 2 is 1.89 bits per heavy atom. The molecule has 0 bridgehead atoms. The molecule has 3 rings (SSSR count). The number of hydrogen-bond donors (Lipinski definition) is 0. The fourth-order valence-corrected chi connectivity index (χ4v) is 3.06. The summed E-state index contributed by atoms with van der Waals surface area (Å²) in [4.78, 5) is 24.0. The summed E-state index contributed by atoms with van der Waals surface area (Å²) in [7, 11) is 1.29. The normalized spacial score (nSPS) is 11.1. The molecule has 0 saturated carbocycles. The summed E-state index contributed by atoms with van der Waals surface area (Å²) in [6.07, 6.45) is 3.77. The van der Waals surface area contributed by atoms with Gasteiger partial charge in [-0.3, -0.25) is 4.79 Å². The molecule has 5 heteroatoms. The predicted octanol–water partition coefficient (Wildman–Crippen LogP) is 4.22. The van der Waals surface area contributed by atoms with Crippen LogP contribution in [0.3, 0.4) is 0 Å². The SMILES string of the molecule is COC(=O)Cc1c(C)c2c(OCC=Cc3ccccc3)cc(C)cc2oc1=O. The molecule has 0 aliphatic carbocycles. The van der Waals surface area contributed by atoms with Crippen molar-refractivity contribution in [3.63, 3.8) is 0 Å². The van der Waals surface area contributed by atoms with E-state index in [0.29, 0.717) is 28.9 Å². The topological polar surface area (TPSA) is 65.7 Å². The average Bonchev–Trinajstić information content (AvgIpc) is 2.68. The van der Waals surface area contributed by atoms with Crippen LogP contribution in [0.4, 0.5) is 0 Å². The van der Waals surface area contributed by atoms with Crippen LogP contribution in [0.5, 0.6) is 5.75 Å². The van der Waals surface area contributed by atoms with E-state index in [1.807, 2.05) is 55.5 Å². The van der Waals surface area contributed by atoms with Crippen LogP contribution in [-0.2, 0) is 16.0 Å². The summed E-state index contributed by atoms with van der Waals surface area (Å²) in [5.74, 6) is 0.121. The summed E-state index contributed by atoms with van der Waals surface area (Å²) in [5.41, 5.74) is 2.86. The first kappa shape index (κ1) is 19.4. The van der Waals surface area contributed by atoms with E-state index in [4.69, 9.17) is 9.15 Å². The van der Waals surface area contributed by atoms with Gasteiger partial charge in [0.1, 0.15) is 17.9 Å². The van der Waals surface area contributed by atoms with Crippen molar-refractivity contribution in [2.45, 2.75) is 20.3 Å². The molecule has 144 valence electrons. The number of carbonyl (C=O) groups is 1. The van der Waals surface area contributed by atoms with Crippen molar-refractivity contribution in [2.24, 2.45) is 0 Å². The van der Waals surface area contributed by atoms with E-state index in [2.05, 4.69) is 4.74 Å². The van der Waals surface area contributed by atoms with Crippen molar-refractivity contribution in [2.75, 3.05) is 13.7 Å². The van der Waals surface area contributed by atoms with E-state index in [1.165, 1.54) is 7.11 Å². The van der Waals surface area contributed by atoms with Crippen LogP contribution in [-0.4, -0.2) is 19.7 Å². The Balaban J connectivity index is 1.94. The Bertz CT molecular complexity index is 1080. The Kier molecular flexibility index (Phi) is 5.94. The lowest BCUT2D eigenvalue weighted by molar-refractivity contribution is -0.139. The smallest absolute Gasteiger partial charge is 0.340 e. The molecule has 0 unspecified atom stereocenters. The van der Waals surface area contributed by atoms with Gasteiger partial charge in [0.2, 0.25) is 0 Å². The van der Waals surface area contributed by atoms with Crippen molar-refractivity contribution < 1.29 is 18.7 Å². The van der Waals surface area contributed by atoms with Gasteiger partial charge in [0.15, 0.2) is 0 Å². The van der Waals surface area contributed by atoms with Crippen molar-refractivity contribution in [1.82, 2.24) is 0 Å². The van der Waals surface area contributed by atoms with Gasteiger partial charge in [-0.1, -0.05) is 36.4 Å². The van der Waals surface area contributed by atoms with E-state index in [0.717, 1.165) is 11.1 Å². The third kappa shape index (κ3) is 4.31. The van der Waals surface area contributed by atoms with Crippen LogP contribution in [0.15, 0.2) is 57.8 Å². The predicted molar refractivity (Wildman–Crippen MR) is 109 cm³/mol. The lowest BCUT2D eigenvalue weighted by Crippen LogP contribution is -2.16. The number of benzene rings is 2. The van der Waals surface area contributed by atoms with Crippen molar-refractivity contribution in [3.05, 3.63) is 81.2 Å². The van der Waals surface area contributed by atoms with Gasteiger partial charge in [-0.25, -0.2) is 4.79 Å². The molecule has 0 spiro atoms. The maximum atomic E-state index is 12.3. The number of aryl methyl sites for hydroxylation is 2. The summed E-state index contributed by atoms with van der Waals surface area (Å²) in [5, 5.41) is 0.692. The Morgan fingerprint density at radius 3 is 2.61 bits per heavy atom. The van der Waals surface area contributed by atoms with Gasteiger partial charge in [-0.2, -0.15) is 0 Å². The van der Waals surface area contributed by atoms with E-state index in [-0.39, 0.29) is 12.0 Å². The number of hydrogen-bond acceptors (Lipinski definition) is 5. The second kappa shape index (κ2) is 8.57. The molecular weight excluding hydrogens is 356 g/mol. The molecule has 0 amide bonds. The van der Waals surface area contributed by atoms with E-state index >= 15 is 0 Å². The second-order valence-electron chi connectivity index (χ2n) is 6.51. The highest BCUT2D eigenvalue weighted by atomic mass is 16.5. The first-order chi connectivity index (χ1) is 13.5. The Labute approximate surface area is 163 Å². The highest BCUT2D eigenvalue weighted by molar-refractivity contribution is 5.89. The first-order valence-corrected chi connectivity index (χ1v) is 8.97. The fraction of sp³-hybridized carbons (Fsp3) is 0.217. The molecule has 0 aliphatic heterocycles. The molecule has 0 radical (unpaired) electrons. The number of fused-ring (bicyclic) bond motifs is 1. The van der Waals surface area contributed by atoms with Crippen molar-refractivity contribution in [3.8, 4) is 5.75 Å². The van der Waals surface area contributed by atoms with E-state index in [9.17, 15) is 9.59 Å². The number of rotatable bonds is 6. The summed E-state index contributed by atoms with van der Waals surface area (Å²) in [6.45, 7) is 4.06. The van der Waals surface area contributed by atoms with Crippen LogP contribution in [0.25, 0.3) is 17.0 Å². The number of methoxy groups -OCH3 is 1. The van der Waals surface area contributed by atoms with Crippen molar-refractivity contribution in [1.29, 1.82) is 0 Å². The molecule has 0 aliphatic rings. The van der Waals surface area contributed by atoms with Gasteiger partial charge < -0.3 is 13.9 Å². The largest absolute Gasteiger partial charge is 0.489 e. The monoisotopic (exact) mass is 378 g/mol. The molecule has 3 aromatic rings. The quantitative estimate of drug-likeness (QED) is 0.475. The lowest BCUT2D eigenvalue weighted by Gasteiger charge is -2.13. The molecule has 5 nitrogen and oxygen atoms in total. The van der Waals surface area contributed by atoms with E-state index < -0.39 is 11.6 Å². The molecule has 0 saturated heterocycles. The molecule has 28 heavy (non-hydrogen) atoms. The maximum absolute atomic E-state index is 12.3. The highest BCUT2D eigenvalue weighted by Gasteiger charge is 2.18. The second-order valence-corrected chi connectivity index (χ2v) is 6.51. The molecule has 1 aromatic heterocycles. The minimum atomic E-state index is -0.532. The van der Waals surface area contributed by atoms with Crippen LogP contribution in [0, 0.1) is 13.8 Å². The van der Waals surface area contributed by atoms with Crippen molar-refractivity contribution >= 4 is 23.0 Å². The fourth-order valence-electron chi connectivity index (χ4n) is 3.06. The summed E-state index contributed by atoms with van der Waals surface area (Å²) < 4.78 is 16.1. The van der Waals surface area contributed by atoms with Crippen LogP contribution < -0.4 is 10.4 Å².